The average Bonchev–Trinajstić information content (AvgIpc) is 2.91. The van der Waals surface area contributed by atoms with E-state index in [1.54, 1.807) is 30.6 Å². The number of aliphatic hydroxyl groups excluding tert-OH is 1. The molecule has 19 heavy (non-hydrogen) atoms. The van der Waals surface area contributed by atoms with Crippen LogP contribution >= 0.6 is 0 Å². The zero-order valence-electron chi connectivity index (χ0n) is 10.2. The van der Waals surface area contributed by atoms with E-state index >= 15 is 0 Å². The van der Waals surface area contributed by atoms with Crippen molar-refractivity contribution in [2.45, 2.75) is 17.9 Å². The third kappa shape index (κ3) is 3.40. The Morgan fingerprint density at radius 2 is 2.11 bits per heavy atom. The van der Waals surface area contributed by atoms with Gasteiger partial charge in [0.1, 0.15) is 5.82 Å². The number of rotatable bonds is 6. The zero-order chi connectivity index (χ0) is 13.7. The van der Waals surface area contributed by atoms with Crippen LogP contribution in [0.4, 0.5) is 0 Å². The largest absolute Gasteiger partial charge is 0.392 e. The second-order valence-corrected chi connectivity index (χ2v) is 5.68. The summed E-state index contributed by atoms with van der Waals surface area (Å²) in [6.07, 6.45) is 3.78. The molecule has 0 saturated carbocycles. The fourth-order valence-corrected chi connectivity index (χ4v) is 2.97. The zero-order valence-corrected chi connectivity index (χ0v) is 11.0. The summed E-state index contributed by atoms with van der Waals surface area (Å²) in [4.78, 5) is 7.02. The number of benzene rings is 1. The highest BCUT2D eigenvalue weighted by atomic mass is 32.2. The van der Waals surface area contributed by atoms with E-state index in [4.69, 9.17) is 5.11 Å². The van der Waals surface area contributed by atoms with Gasteiger partial charge in [0.25, 0.3) is 0 Å². The minimum absolute atomic E-state index is 0.108. The summed E-state index contributed by atoms with van der Waals surface area (Å²) in [5.41, 5.74) is 0.382. The predicted molar refractivity (Wildman–Crippen MR) is 69.8 cm³/mol. The molecule has 0 radical (unpaired) electrons. The van der Waals surface area contributed by atoms with E-state index in [0.717, 1.165) is 5.82 Å². The molecule has 7 heteroatoms. The summed E-state index contributed by atoms with van der Waals surface area (Å²) in [6, 6.07) is 6.37. The van der Waals surface area contributed by atoms with Gasteiger partial charge in [-0.25, -0.2) is 18.1 Å². The lowest BCUT2D eigenvalue weighted by Crippen LogP contribution is -2.27. The smallest absolute Gasteiger partial charge is 0.240 e. The lowest BCUT2D eigenvalue weighted by Gasteiger charge is -2.09. The van der Waals surface area contributed by atoms with Gasteiger partial charge in [0.2, 0.25) is 10.0 Å². The van der Waals surface area contributed by atoms with Crippen molar-refractivity contribution >= 4 is 10.0 Å². The van der Waals surface area contributed by atoms with Crippen LogP contribution in [-0.4, -0.2) is 30.0 Å². The molecule has 0 spiro atoms. The molecule has 0 aliphatic carbocycles. The fourth-order valence-electron chi connectivity index (χ4n) is 1.71. The van der Waals surface area contributed by atoms with Crippen LogP contribution in [0.1, 0.15) is 11.4 Å². The molecule has 2 aromatic rings. The van der Waals surface area contributed by atoms with Crippen LogP contribution in [0.25, 0.3) is 0 Å². The predicted octanol–water partition coefficient (Wildman–Crippen LogP) is 0.423. The van der Waals surface area contributed by atoms with Gasteiger partial charge in [-0.15, -0.1) is 0 Å². The summed E-state index contributed by atoms with van der Waals surface area (Å²) in [6.45, 7) is -0.0646. The van der Waals surface area contributed by atoms with Gasteiger partial charge in [-0.3, -0.25) is 0 Å². The minimum Gasteiger partial charge on any atom is -0.392 e. The molecule has 1 aromatic heterocycles. The molecule has 0 saturated heterocycles. The third-order valence-electron chi connectivity index (χ3n) is 2.64. The van der Waals surface area contributed by atoms with Gasteiger partial charge in [-0.05, 0) is 11.6 Å². The van der Waals surface area contributed by atoms with Crippen molar-refractivity contribution < 1.29 is 13.5 Å². The SMILES string of the molecule is O=S(=O)(NCCc1ncc[nH]1)c1ccccc1CO. The van der Waals surface area contributed by atoms with Crippen LogP contribution < -0.4 is 4.72 Å². The molecule has 1 heterocycles. The Bertz CT molecular complexity index is 623. The van der Waals surface area contributed by atoms with E-state index in [1.165, 1.54) is 6.07 Å². The van der Waals surface area contributed by atoms with Gasteiger partial charge in [-0.1, -0.05) is 18.2 Å². The van der Waals surface area contributed by atoms with Gasteiger partial charge in [-0.2, -0.15) is 0 Å². The number of nitrogens with zero attached hydrogens (tertiary/aromatic N) is 1. The summed E-state index contributed by atoms with van der Waals surface area (Å²) in [5, 5.41) is 9.15. The van der Waals surface area contributed by atoms with E-state index in [0.29, 0.717) is 12.0 Å². The van der Waals surface area contributed by atoms with E-state index < -0.39 is 10.0 Å². The Morgan fingerprint density at radius 1 is 1.32 bits per heavy atom. The Hall–Kier alpha value is -1.70. The molecule has 0 amide bonds. The highest BCUT2D eigenvalue weighted by Crippen LogP contribution is 2.14. The van der Waals surface area contributed by atoms with Crippen LogP contribution in [0.5, 0.6) is 0 Å². The van der Waals surface area contributed by atoms with Crippen LogP contribution in [0.3, 0.4) is 0 Å². The Labute approximate surface area is 111 Å². The molecule has 0 aliphatic heterocycles. The molecule has 0 fully saturated rings. The van der Waals surface area contributed by atoms with Crippen LogP contribution in [0.2, 0.25) is 0 Å². The number of nitrogens with one attached hydrogen (secondary N) is 2. The molecule has 102 valence electrons. The van der Waals surface area contributed by atoms with Crippen LogP contribution in [0, 0.1) is 0 Å². The fraction of sp³-hybridized carbons (Fsp3) is 0.250. The van der Waals surface area contributed by atoms with Gasteiger partial charge >= 0.3 is 0 Å². The van der Waals surface area contributed by atoms with Gasteiger partial charge in [0.15, 0.2) is 0 Å². The quantitative estimate of drug-likeness (QED) is 0.715. The number of sulfonamides is 1. The monoisotopic (exact) mass is 281 g/mol. The maximum atomic E-state index is 12.1. The number of hydrogen-bond acceptors (Lipinski definition) is 4. The number of aromatic amines is 1. The van der Waals surface area contributed by atoms with Gasteiger partial charge < -0.3 is 10.1 Å². The lowest BCUT2D eigenvalue weighted by molar-refractivity contribution is 0.278. The van der Waals surface area contributed by atoms with Gasteiger partial charge in [0.05, 0.1) is 11.5 Å². The van der Waals surface area contributed by atoms with Crippen LogP contribution in [-0.2, 0) is 23.1 Å². The standard InChI is InChI=1S/C12H15N3O3S/c16-9-10-3-1-2-4-11(10)19(17,18)15-6-5-12-13-7-8-14-12/h1-4,7-8,15-16H,5-6,9H2,(H,13,14). The molecule has 0 unspecified atom stereocenters. The third-order valence-corrected chi connectivity index (χ3v) is 4.20. The van der Waals surface area contributed by atoms with Crippen molar-refractivity contribution in [3.05, 3.63) is 48.0 Å². The molecule has 2 rings (SSSR count). The molecular formula is C12H15N3O3S. The molecular weight excluding hydrogens is 266 g/mol. The lowest BCUT2D eigenvalue weighted by atomic mass is 10.2. The first-order valence-electron chi connectivity index (χ1n) is 5.80. The Kier molecular flexibility index (Phi) is 4.31. The molecule has 0 atom stereocenters. The molecule has 0 aliphatic rings. The highest BCUT2D eigenvalue weighted by molar-refractivity contribution is 7.89. The molecule has 3 N–H and O–H groups in total. The second-order valence-electron chi connectivity index (χ2n) is 3.95. The van der Waals surface area contributed by atoms with E-state index in [1.807, 2.05) is 0 Å². The van der Waals surface area contributed by atoms with Crippen molar-refractivity contribution in [1.29, 1.82) is 0 Å². The van der Waals surface area contributed by atoms with Crippen molar-refractivity contribution in [2.24, 2.45) is 0 Å². The summed E-state index contributed by atoms with van der Waals surface area (Å²) in [5.74, 6) is 0.721. The van der Waals surface area contributed by atoms with Crippen LogP contribution in [0.15, 0.2) is 41.6 Å². The first-order valence-corrected chi connectivity index (χ1v) is 7.28. The first-order chi connectivity index (χ1) is 9.13. The Morgan fingerprint density at radius 3 is 2.79 bits per heavy atom. The second kappa shape index (κ2) is 5.96. The van der Waals surface area contributed by atoms with Crippen molar-refractivity contribution in [2.75, 3.05) is 6.54 Å². The minimum atomic E-state index is -3.61. The van der Waals surface area contributed by atoms with Crippen molar-refractivity contribution in [3.63, 3.8) is 0 Å². The highest BCUT2D eigenvalue weighted by Gasteiger charge is 2.17. The van der Waals surface area contributed by atoms with E-state index in [-0.39, 0.29) is 18.0 Å². The molecule has 1 aromatic carbocycles. The van der Waals surface area contributed by atoms with Gasteiger partial charge in [0, 0.05) is 25.4 Å². The average molecular weight is 281 g/mol. The number of imidazole rings is 1. The number of H-pyrrole nitrogens is 1. The van der Waals surface area contributed by atoms with E-state index in [2.05, 4.69) is 14.7 Å². The summed E-state index contributed by atoms with van der Waals surface area (Å²) >= 11 is 0. The summed E-state index contributed by atoms with van der Waals surface area (Å²) in [7, 11) is -3.61. The molecule has 6 nitrogen and oxygen atoms in total. The van der Waals surface area contributed by atoms with Crippen molar-refractivity contribution in [3.8, 4) is 0 Å². The number of hydrogen-bond donors (Lipinski definition) is 3. The Balaban J connectivity index is 2.05. The van der Waals surface area contributed by atoms with Crippen molar-refractivity contribution in [1.82, 2.24) is 14.7 Å². The first kappa shape index (κ1) is 13.7. The topological polar surface area (TPSA) is 95.1 Å². The number of aromatic nitrogens is 2. The maximum Gasteiger partial charge on any atom is 0.240 e. The molecule has 0 bridgehead atoms. The summed E-state index contributed by atoms with van der Waals surface area (Å²) < 4.78 is 26.7. The maximum absolute atomic E-state index is 12.1. The normalized spacial score (nSPS) is 11.6. The number of aliphatic hydroxyl groups is 1. The van der Waals surface area contributed by atoms with E-state index in [9.17, 15) is 8.42 Å².